The molecule has 1 N–H and O–H groups in total. The highest BCUT2D eigenvalue weighted by molar-refractivity contribution is 6.25. The first-order chi connectivity index (χ1) is 30.0. The van der Waals surface area contributed by atoms with E-state index >= 15 is 0 Å². The van der Waals surface area contributed by atoms with Crippen LogP contribution in [0.2, 0.25) is 0 Å². The van der Waals surface area contributed by atoms with Crippen LogP contribution in [0.15, 0.2) is 164 Å². The van der Waals surface area contributed by atoms with Crippen LogP contribution < -0.4 is 5.32 Å². The lowest BCUT2D eigenvalue weighted by Gasteiger charge is -2.22. The zero-order valence-electron chi connectivity index (χ0n) is 34.1. The molecule has 9 aromatic rings. The van der Waals surface area contributed by atoms with Crippen molar-refractivity contribution >= 4 is 48.9 Å². The van der Waals surface area contributed by atoms with E-state index in [1.165, 1.54) is 21.9 Å². The highest BCUT2D eigenvalue weighted by atomic mass is 15.0. The highest BCUT2D eigenvalue weighted by Gasteiger charge is 2.24. The lowest BCUT2D eigenvalue weighted by Crippen LogP contribution is -2.20. The number of aryl methyl sites for hydroxylation is 2. The van der Waals surface area contributed by atoms with E-state index in [-0.39, 0.29) is 12.0 Å². The molecular formula is C54H41N7. The summed E-state index contributed by atoms with van der Waals surface area (Å²) in [4.78, 5) is 30.3. The zero-order valence-corrected chi connectivity index (χ0v) is 34.1. The molecule has 4 aromatic heterocycles. The number of fused-ring (bicyclic) bond motifs is 6. The first-order valence-electron chi connectivity index (χ1n) is 20.9. The summed E-state index contributed by atoms with van der Waals surface area (Å²) in [6.45, 7) is 6.66. The molecule has 7 nitrogen and oxygen atoms in total. The van der Waals surface area contributed by atoms with Crippen LogP contribution in [0, 0.1) is 13.8 Å². The molecule has 0 radical (unpaired) electrons. The quantitative estimate of drug-likeness (QED) is 0.133. The third-order valence-corrected chi connectivity index (χ3v) is 12.1. The molecule has 0 spiro atoms. The summed E-state index contributed by atoms with van der Waals surface area (Å²) in [6.07, 6.45) is 19.6. The van der Waals surface area contributed by atoms with Crippen molar-refractivity contribution in [2.45, 2.75) is 39.2 Å². The Bertz CT molecular complexity index is 3330. The van der Waals surface area contributed by atoms with E-state index in [4.69, 9.17) is 24.9 Å². The van der Waals surface area contributed by atoms with Crippen LogP contribution >= 0.6 is 0 Å². The fourth-order valence-corrected chi connectivity index (χ4v) is 9.04. The van der Waals surface area contributed by atoms with Gasteiger partial charge < -0.3 is 5.32 Å². The fourth-order valence-electron chi connectivity index (χ4n) is 9.04. The van der Waals surface area contributed by atoms with E-state index in [1.807, 2.05) is 48.8 Å². The number of hydrogen-bond donors (Lipinski definition) is 1. The maximum atomic E-state index is 5.54. The molecule has 1 aliphatic carbocycles. The predicted molar refractivity (Wildman–Crippen MR) is 250 cm³/mol. The Hall–Kier alpha value is -7.64. The van der Waals surface area contributed by atoms with Crippen molar-refractivity contribution in [1.82, 2.24) is 35.2 Å². The van der Waals surface area contributed by atoms with Crippen molar-refractivity contribution < 1.29 is 0 Å². The van der Waals surface area contributed by atoms with Crippen LogP contribution in [0.5, 0.6) is 0 Å². The zero-order chi connectivity index (χ0) is 41.0. The number of aromatic nitrogens is 6. The van der Waals surface area contributed by atoms with Gasteiger partial charge >= 0.3 is 0 Å². The van der Waals surface area contributed by atoms with Gasteiger partial charge in [0, 0.05) is 74.4 Å². The largest absolute Gasteiger partial charge is 0.384 e. The highest BCUT2D eigenvalue weighted by Crippen LogP contribution is 2.45. The molecule has 0 bridgehead atoms. The van der Waals surface area contributed by atoms with Crippen molar-refractivity contribution in [2.75, 3.05) is 0 Å². The molecule has 5 heterocycles. The van der Waals surface area contributed by atoms with E-state index in [0.29, 0.717) is 11.6 Å². The summed E-state index contributed by atoms with van der Waals surface area (Å²) in [5.74, 6) is 2.22. The molecule has 7 heteroatoms. The summed E-state index contributed by atoms with van der Waals surface area (Å²) in [5.41, 5.74) is 12.3. The summed E-state index contributed by atoms with van der Waals surface area (Å²) in [5, 5.41) is 10.5. The van der Waals surface area contributed by atoms with Gasteiger partial charge in [0.05, 0.1) is 22.4 Å². The van der Waals surface area contributed by atoms with E-state index in [2.05, 4.69) is 147 Å². The molecule has 11 rings (SSSR count). The molecule has 2 aliphatic rings. The van der Waals surface area contributed by atoms with Gasteiger partial charge in [0.15, 0.2) is 11.6 Å². The Labute approximate surface area is 354 Å². The van der Waals surface area contributed by atoms with Crippen molar-refractivity contribution in [1.29, 1.82) is 0 Å². The number of nitrogens with one attached hydrogen (secondary N) is 1. The standard InChI is InChI=1S/C54H41N7/c1-32-20-21-41(31-56-32)51-49-33(2)46-42-18-10-11-19-44(42)57-50(40-17-12-28-55-30-40)48(46)34(3)47(49)43-27-26-39(29-45(43)58-51)35-22-24-38(25-23-35)54-60-52(36-13-6-4-7-14-36)59-53(61-54)37-15-8-5-9-16-37/h4-15,17-32,37,56H,16H2,1-3H3. The minimum atomic E-state index is 0.0987. The maximum Gasteiger partial charge on any atom is 0.163 e. The minimum absolute atomic E-state index is 0.0987. The van der Waals surface area contributed by atoms with Gasteiger partial charge in [-0.15, -0.1) is 0 Å². The van der Waals surface area contributed by atoms with Crippen LogP contribution in [-0.2, 0) is 0 Å². The van der Waals surface area contributed by atoms with Crippen LogP contribution in [0.3, 0.4) is 0 Å². The molecule has 61 heavy (non-hydrogen) atoms. The molecule has 1 aliphatic heterocycles. The number of dihydropyridines is 1. The number of allylic oxidation sites excluding steroid dienone is 6. The van der Waals surface area contributed by atoms with Gasteiger partial charge in [-0.2, -0.15) is 0 Å². The number of hydrogen-bond acceptors (Lipinski definition) is 7. The Morgan fingerprint density at radius 2 is 1.23 bits per heavy atom. The third kappa shape index (κ3) is 6.37. The maximum absolute atomic E-state index is 5.54. The topological polar surface area (TPSA) is 89.4 Å². The summed E-state index contributed by atoms with van der Waals surface area (Å²) in [7, 11) is 0. The molecule has 292 valence electrons. The van der Waals surface area contributed by atoms with Gasteiger partial charge in [-0.05, 0) is 84.5 Å². The van der Waals surface area contributed by atoms with Crippen molar-refractivity contribution in [3.05, 3.63) is 187 Å². The van der Waals surface area contributed by atoms with Crippen LogP contribution in [0.1, 0.15) is 41.9 Å². The smallest absolute Gasteiger partial charge is 0.163 e. The van der Waals surface area contributed by atoms with Crippen molar-refractivity contribution in [3.63, 3.8) is 0 Å². The average molecular weight is 788 g/mol. The van der Waals surface area contributed by atoms with Gasteiger partial charge in [0.25, 0.3) is 0 Å². The second-order valence-corrected chi connectivity index (χ2v) is 16.0. The first kappa shape index (κ1) is 36.4. The average Bonchev–Trinajstić information content (AvgIpc) is 3.33. The van der Waals surface area contributed by atoms with Gasteiger partial charge in [-0.3, -0.25) is 4.98 Å². The molecular weight excluding hydrogens is 747 g/mol. The van der Waals surface area contributed by atoms with Crippen molar-refractivity contribution in [3.8, 4) is 45.2 Å². The Morgan fingerprint density at radius 1 is 0.557 bits per heavy atom. The molecule has 2 atom stereocenters. The normalized spacial score (nSPS) is 16.1. The van der Waals surface area contributed by atoms with Gasteiger partial charge in [0.2, 0.25) is 0 Å². The number of para-hydroxylation sites is 1. The lowest BCUT2D eigenvalue weighted by molar-refractivity contribution is 0.763. The van der Waals surface area contributed by atoms with E-state index in [9.17, 15) is 0 Å². The SMILES string of the molecule is Cc1c2c(-c3cccnc3)nc3ccccc3c2c(C)c2c(C3=CNC(C)C=C3)nc3cc(-c4ccc(-c5nc(-c6ccccc6)nc(C6C=CC=CC6)n5)cc4)ccc3c12. The van der Waals surface area contributed by atoms with E-state index < -0.39 is 0 Å². The summed E-state index contributed by atoms with van der Waals surface area (Å²) < 4.78 is 0. The first-order valence-corrected chi connectivity index (χ1v) is 20.9. The number of pyridine rings is 3. The van der Waals surface area contributed by atoms with E-state index in [1.54, 1.807) is 0 Å². The van der Waals surface area contributed by atoms with E-state index in [0.717, 1.165) is 89.6 Å². The summed E-state index contributed by atoms with van der Waals surface area (Å²) >= 11 is 0. The third-order valence-electron chi connectivity index (χ3n) is 12.1. The molecule has 2 unspecified atom stereocenters. The van der Waals surface area contributed by atoms with Crippen LogP contribution in [0.4, 0.5) is 0 Å². The Kier molecular flexibility index (Phi) is 8.89. The number of rotatable bonds is 6. The fraction of sp³-hybridized carbons (Fsp3) is 0.111. The van der Waals surface area contributed by atoms with Crippen LogP contribution in [0.25, 0.3) is 94.1 Å². The van der Waals surface area contributed by atoms with Gasteiger partial charge in [-0.1, -0.05) is 121 Å². The Morgan fingerprint density at radius 3 is 1.95 bits per heavy atom. The Balaban J connectivity index is 1.09. The van der Waals surface area contributed by atoms with Gasteiger partial charge in [-0.25, -0.2) is 24.9 Å². The van der Waals surface area contributed by atoms with Crippen molar-refractivity contribution in [2.24, 2.45) is 0 Å². The number of nitrogens with zero attached hydrogens (tertiary/aromatic N) is 6. The summed E-state index contributed by atoms with van der Waals surface area (Å²) in [6, 6.07) is 38.2. The van der Waals surface area contributed by atoms with Crippen LogP contribution in [-0.4, -0.2) is 35.9 Å². The molecule has 0 saturated heterocycles. The lowest BCUT2D eigenvalue weighted by atomic mass is 9.85. The minimum Gasteiger partial charge on any atom is -0.384 e. The molecule has 5 aromatic carbocycles. The predicted octanol–water partition coefficient (Wildman–Crippen LogP) is 12.4. The number of benzene rings is 5. The van der Waals surface area contributed by atoms with Gasteiger partial charge in [0.1, 0.15) is 5.82 Å². The molecule has 0 amide bonds. The second-order valence-electron chi connectivity index (χ2n) is 16.0. The molecule has 0 fully saturated rings. The molecule has 0 saturated carbocycles. The second kappa shape index (κ2) is 14.9. The monoisotopic (exact) mass is 787 g/mol.